The molecule has 0 saturated carbocycles. The van der Waals surface area contributed by atoms with Gasteiger partial charge in [-0.05, 0) is 68.9 Å². The van der Waals surface area contributed by atoms with Crippen molar-refractivity contribution >= 4 is 27.7 Å². The number of carbonyl (C=O) groups excluding carboxylic acids is 2. The highest BCUT2D eigenvalue weighted by Gasteiger charge is 2.28. The number of hydrogen-bond donors (Lipinski definition) is 1. The number of likely N-dealkylation sites (N-methyl/N-ethyl adjacent to an activating group) is 1. The molecule has 1 heterocycles. The highest BCUT2D eigenvalue weighted by Crippen LogP contribution is 2.22. The van der Waals surface area contributed by atoms with Crippen LogP contribution < -0.4 is 5.32 Å². The lowest BCUT2D eigenvalue weighted by Gasteiger charge is -2.32. The average molecular weight is 476 g/mol. The molecule has 1 N–H and O–H groups in total. The van der Waals surface area contributed by atoms with Gasteiger partial charge in [0, 0.05) is 35.6 Å². The first-order chi connectivity index (χ1) is 14.3. The molecule has 0 radical (unpaired) electrons. The van der Waals surface area contributed by atoms with Crippen LogP contribution in [0.2, 0.25) is 0 Å². The van der Waals surface area contributed by atoms with Crippen molar-refractivity contribution in [2.75, 3.05) is 33.7 Å². The van der Waals surface area contributed by atoms with Crippen molar-refractivity contribution < 1.29 is 14.0 Å². The third kappa shape index (κ3) is 5.67. The van der Waals surface area contributed by atoms with E-state index in [0.29, 0.717) is 38.0 Å². The van der Waals surface area contributed by atoms with Crippen molar-refractivity contribution in [3.8, 4) is 0 Å². The smallest absolute Gasteiger partial charge is 0.253 e. The zero-order chi connectivity index (χ0) is 21.7. The molecule has 1 saturated heterocycles. The van der Waals surface area contributed by atoms with Crippen molar-refractivity contribution in [2.24, 2.45) is 5.92 Å². The Hall–Kier alpha value is -2.25. The highest BCUT2D eigenvalue weighted by atomic mass is 79.9. The predicted molar refractivity (Wildman–Crippen MR) is 119 cm³/mol. The molecule has 5 nitrogen and oxygen atoms in total. The number of halogens is 2. The Labute approximate surface area is 185 Å². The zero-order valence-electron chi connectivity index (χ0n) is 17.3. The molecule has 1 fully saturated rings. The minimum Gasteiger partial charge on any atom is -0.354 e. The van der Waals surface area contributed by atoms with Crippen LogP contribution in [0.5, 0.6) is 0 Å². The van der Waals surface area contributed by atoms with Gasteiger partial charge >= 0.3 is 0 Å². The fourth-order valence-electron chi connectivity index (χ4n) is 3.77. The fraction of sp³-hybridized carbons (Fsp3) is 0.391. The minimum atomic E-state index is -0.284. The van der Waals surface area contributed by atoms with Crippen LogP contribution in [0.15, 0.2) is 53.0 Å². The molecule has 1 unspecified atom stereocenters. The molecule has 0 bridgehead atoms. The monoisotopic (exact) mass is 475 g/mol. The normalized spacial score (nSPS) is 15.8. The molecule has 0 aliphatic carbocycles. The molecule has 1 aliphatic rings. The van der Waals surface area contributed by atoms with Gasteiger partial charge < -0.3 is 15.1 Å². The Morgan fingerprint density at radius 3 is 2.43 bits per heavy atom. The van der Waals surface area contributed by atoms with E-state index in [4.69, 9.17) is 0 Å². The number of rotatable bonds is 6. The molecule has 1 aliphatic heterocycles. The molecule has 0 spiro atoms. The number of nitrogens with one attached hydrogen (secondary N) is 1. The van der Waals surface area contributed by atoms with Gasteiger partial charge in [-0.15, -0.1) is 0 Å². The van der Waals surface area contributed by atoms with E-state index in [1.54, 1.807) is 18.2 Å². The lowest BCUT2D eigenvalue weighted by atomic mass is 9.95. The van der Waals surface area contributed by atoms with Gasteiger partial charge in [0.15, 0.2) is 0 Å². The summed E-state index contributed by atoms with van der Waals surface area (Å²) in [6.07, 6.45) is 1.28. The van der Waals surface area contributed by atoms with Crippen molar-refractivity contribution in [2.45, 2.75) is 18.9 Å². The first-order valence-corrected chi connectivity index (χ1v) is 10.9. The van der Waals surface area contributed by atoms with E-state index in [9.17, 15) is 14.0 Å². The molecule has 7 heteroatoms. The molecule has 0 aromatic heterocycles. The second-order valence-corrected chi connectivity index (χ2v) is 8.77. The fourth-order valence-corrected chi connectivity index (χ4v) is 4.04. The number of amides is 2. The van der Waals surface area contributed by atoms with Gasteiger partial charge in [0.2, 0.25) is 5.91 Å². The molecule has 30 heavy (non-hydrogen) atoms. The molecule has 3 rings (SSSR count). The maximum Gasteiger partial charge on any atom is 0.253 e. The lowest BCUT2D eigenvalue weighted by molar-refractivity contribution is -0.126. The summed E-state index contributed by atoms with van der Waals surface area (Å²) in [5.41, 5.74) is 1.49. The van der Waals surface area contributed by atoms with Gasteiger partial charge in [-0.2, -0.15) is 0 Å². The van der Waals surface area contributed by atoms with Gasteiger partial charge in [0.1, 0.15) is 5.82 Å². The van der Waals surface area contributed by atoms with Crippen LogP contribution >= 0.6 is 15.9 Å². The summed E-state index contributed by atoms with van der Waals surface area (Å²) in [5.74, 6) is -0.406. The molecule has 1 atom stereocenters. The maximum atomic E-state index is 13.6. The van der Waals surface area contributed by atoms with E-state index < -0.39 is 0 Å². The molecule has 2 amide bonds. The summed E-state index contributed by atoms with van der Waals surface area (Å²) < 4.78 is 14.5. The van der Waals surface area contributed by atoms with E-state index in [1.807, 2.05) is 42.1 Å². The maximum absolute atomic E-state index is 13.6. The summed E-state index contributed by atoms with van der Waals surface area (Å²) in [6.45, 7) is 1.54. The average Bonchev–Trinajstić information content (AvgIpc) is 2.74. The number of benzene rings is 2. The number of nitrogens with zero attached hydrogens (tertiary/aromatic N) is 2. The summed E-state index contributed by atoms with van der Waals surface area (Å²) in [5, 5.41) is 3.02. The second kappa shape index (κ2) is 10.2. The van der Waals surface area contributed by atoms with Crippen LogP contribution in [0.3, 0.4) is 0 Å². The predicted octanol–water partition coefficient (Wildman–Crippen LogP) is 3.86. The van der Waals surface area contributed by atoms with E-state index in [1.165, 1.54) is 12.1 Å². The van der Waals surface area contributed by atoms with Crippen molar-refractivity contribution in [1.29, 1.82) is 0 Å². The number of hydrogen-bond acceptors (Lipinski definition) is 3. The molecule has 2 aromatic rings. The van der Waals surface area contributed by atoms with E-state index in [2.05, 4.69) is 21.2 Å². The second-order valence-electron chi connectivity index (χ2n) is 7.85. The Balaban J connectivity index is 1.52. The van der Waals surface area contributed by atoms with E-state index in [0.717, 1.165) is 10.0 Å². The Kier molecular flexibility index (Phi) is 7.61. The summed E-state index contributed by atoms with van der Waals surface area (Å²) in [4.78, 5) is 29.1. The molecular weight excluding hydrogens is 449 g/mol. The number of carbonyl (C=O) groups is 2. The van der Waals surface area contributed by atoms with Gasteiger partial charge in [-0.1, -0.05) is 28.1 Å². The summed E-state index contributed by atoms with van der Waals surface area (Å²) >= 11 is 3.38. The Bertz CT molecular complexity index is 880. The van der Waals surface area contributed by atoms with E-state index in [-0.39, 0.29) is 29.6 Å². The third-order valence-corrected chi connectivity index (χ3v) is 6.10. The lowest BCUT2D eigenvalue weighted by Crippen LogP contribution is -2.44. The molecular formula is C23H27BrFN3O2. The van der Waals surface area contributed by atoms with Crippen LogP contribution in [-0.2, 0) is 4.79 Å². The van der Waals surface area contributed by atoms with Gasteiger partial charge in [0.05, 0.1) is 6.04 Å². The first kappa shape index (κ1) is 22.4. The highest BCUT2D eigenvalue weighted by molar-refractivity contribution is 9.10. The first-order valence-electron chi connectivity index (χ1n) is 10.1. The SMILES string of the molecule is CN(C)C(CNC(=O)C1CCN(C(=O)c2ccc(Br)cc2)CC1)c1cccc(F)c1. The Morgan fingerprint density at radius 1 is 1.17 bits per heavy atom. The van der Waals surface area contributed by atoms with Gasteiger partial charge in [-0.25, -0.2) is 4.39 Å². The van der Waals surface area contributed by atoms with Crippen molar-refractivity contribution in [3.63, 3.8) is 0 Å². The molecule has 160 valence electrons. The van der Waals surface area contributed by atoms with Crippen molar-refractivity contribution in [1.82, 2.24) is 15.1 Å². The topological polar surface area (TPSA) is 52.7 Å². The Morgan fingerprint density at radius 2 is 1.83 bits per heavy atom. The minimum absolute atomic E-state index is 0.000124. The van der Waals surface area contributed by atoms with Crippen LogP contribution in [0.25, 0.3) is 0 Å². The third-order valence-electron chi connectivity index (χ3n) is 5.57. The summed E-state index contributed by atoms with van der Waals surface area (Å²) in [7, 11) is 3.82. The number of piperidine rings is 1. The zero-order valence-corrected chi connectivity index (χ0v) is 18.9. The standard InChI is InChI=1S/C23H27BrFN3O2/c1-27(2)21(18-4-3-5-20(25)14-18)15-26-22(29)16-10-12-28(13-11-16)23(30)17-6-8-19(24)9-7-17/h3-9,14,16,21H,10-13,15H2,1-2H3,(H,26,29). The van der Waals surface area contributed by atoms with Gasteiger partial charge in [-0.3, -0.25) is 9.59 Å². The van der Waals surface area contributed by atoms with Crippen molar-refractivity contribution in [3.05, 3.63) is 69.9 Å². The largest absolute Gasteiger partial charge is 0.354 e. The number of likely N-dealkylation sites (tertiary alicyclic amines) is 1. The van der Waals surface area contributed by atoms with Gasteiger partial charge in [0.25, 0.3) is 5.91 Å². The summed E-state index contributed by atoms with van der Waals surface area (Å²) in [6, 6.07) is 13.7. The van der Waals surface area contributed by atoms with Crippen LogP contribution in [-0.4, -0.2) is 55.3 Å². The van der Waals surface area contributed by atoms with Crippen LogP contribution in [0, 0.1) is 11.7 Å². The van der Waals surface area contributed by atoms with E-state index >= 15 is 0 Å². The molecule has 2 aromatic carbocycles. The quantitative estimate of drug-likeness (QED) is 0.689. The van der Waals surface area contributed by atoms with Crippen LogP contribution in [0.1, 0.15) is 34.8 Å². The van der Waals surface area contributed by atoms with Crippen LogP contribution in [0.4, 0.5) is 4.39 Å².